The molecular formula is C9H9N5O2. The molecule has 0 unspecified atom stereocenters. The molecule has 0 aliphatic carbocycles. The first-order valence-corrected chi connectivity index (χ1v) is 4.54. The zero-order valence-electron chi connectivity index (χ0n) is 8.57. The maximum absolute atomic E-state index is 11.0. The molecule has 7 heteroatoms. The average molecular weight is 219 g/mol. The van der Waals surface area contributed by atoms with Crippen LogP contribution in [-0.2, 0) is 16.1 Å². The van der Waals surface area contributed by atoms with E-state index in [9.17, 15) is 4.79 Å². The van der Waals surface area contributed by atoms with Gasteiger partial charge in [0.2, 0.25) is 5.82 Å². The fourth-order valence-corrected chi connectivity index (χ4v) is 1.11. The minimum Gasteiger partial charge on any atom is -0.468 e. The summed E-state index contributed by atoms with van der Waals surface area (Å²) in [6, 6.07) is 3.53. The first-order chi connectivity index (χ1) is 7.79. The third kappa shape index (κ3) is 2.19. The summed E-state index contributed by atoms with van der Waals surface area (Å²) in [5.41, 5.74) is 0.797. The van der Waals surface area contributed by atoms with Crippen LogP contribution >= 0.6 is 0 Å². The van der Waals surface area contributed by atoms with Crippen LogP contribution in [0.25, 0.3) is 11.4 Å². The van der Waals surface area contributed by atoms with Gasteiger partial charge in [0.05, 0.1) is 7.11 Å². The molecule has 16 heavy (non-hydrogen) atoms. The van der Waals surface area contributed by atoms with Crippen LogP contribution < -0.4 is 0 Å². The molecule has 2 aromatic heterocycles. The summed E-state index contributed by atoms with van der Waals surface area (Å²) in [5.74, 6) is 0.0324. The lowest BCUT2D eigenvalue weighted by atomic mass is 10.3. The van der Waals surface area contributed by atoms with E-state index in [-0.39, 0.29) is 6.54 Å². The molecule has 0 bridgehead atoms. The quantitative estimate of drug-likeness (QED) is 0.671. The number of nitrogens with zero attached hydrogens (tertiary/aromatic N) is 5. The zero-order valence-corrected chi connectivity index (χ0v) is 8.57. The SMILES string of the molecule is COC(=O)Cn1nnc(-c2ccncc2)n1. The van der Waals surface area contributed by atoms with Gasteiger partial charge in [0.15, 0.2) is 6.54 Å². The van der Waals surface area contributed by atoms with Crippen molar-refractivity contribution in [3.63, 3.8) is 0 Å². The van der Waals surface area contributed by atoms with Crippen LogP contribution in [0.3, 0.4) is 0 Å². The largest absolute Gasteiger partial charge is 0.468 e. The van der Waals surface area contributed by atoms with Gasteiger partial charge in [-0.3, -0.25) is 4.98 Å². The standard InChI is InChI=1S/C9H9N5O2/c1-16-8(15)6-14-12-9(11-13-14)7-2-4-10-5-3-7/h2-5H,6H2,1H3. The molecule has 2 heterocycles. The summed E-state index contributed by atoms with van der Waals surface area (Å²) in [6.07, 6.45) is 3.27. The fraction of sp³-hybridized carbons (Fsp3) is 0.222. The Morgan fingerprint density at radius 3 is 2.88 bits per heavy atom. The van der Waals surface area contributed by atoms with Crippen LogP contribution in [0.4, 0.5) is 0 Å². The summed E-state index contributed by atoms with van der Waals surface area (Å²) in [7, 11) is 1.31. The van der Waals surface area contributed by atoms with Crippen LogP contribution in [0.15, 0.2) is 24.5 Å². The van der Waals surface area contributed by atoms with Crippen molar-refractivity contribution >= 4 is 5.97 Å². The molecule has 0 amide bonds. The molecule has 7 nitrogen and oxygen atoms in total. The van der Waals surface area contributed by atoms with Crippen molar-refractivity contribution in [1.82, 2.24) is 25.2 Å². The molecule has 0 aromatic carbocycles. The molecule has 0 atom stereocenters. The van der Waals surface area contributed by atoms with E-state index in [1.165, 1.54) is 11.9 Å². The highest BCUT2D eigenvalue weighted by molar-refractivity contribution is 5.68. The highest BCUT2D eigenvalue weighted by Gasteiger charge is 2.08. The van der Waals surface area contributed by atoms with Crippen molar-refractivity contribution < 1.29 is 9.53 Å². The summed E-state index contributed by atoms with van der Waals surface area (Å²) in [5, 5.41) is 11.6. The van der Waals surface area contributed by atoms with Crippen LogP contribution in [0.2, 0.25) is 0 Å². The lowest BCUT2D eigenvalue weighted by molar-refractivity contribution is -0.141. The maximum atomic E-state index is 11.0. The van der Waals surface area contributed by atoms with Crippen molar-refractivity contribution in [2.24, 2.45) is 0 Å². The van der Waals surface area contributed by atoms with E-state index in [1.54, 1.807) is 24.5 Å². The summed E-state index contributed by atoms with van der Waals surface area (Å²) in [6.45, 7) is -0.0470. The first kappa shape index (κ1) is 10.2. The highest BCUT2D eigenvalue weighted by Crippen LogP contribution is 2.10. The van der Waals surface area contributed by atoms with Gasteiger partial charge in [-0.2, -0.15) is 4.80 Å². The van der Waals surface area contributed by atoms with Gasteiger partial charge in [0.1, 0.15) is 0 Å². The molecule has 0 aliphatic heterocycles. The van der Waals surface area contributed by atoms with Crippen molar-refractivity contribution in [3.05, 3.63) is 24.5 Å². The van der Waals surface area contributed by atoms with Crippen molar-refractivity contribution in [2.45, 2.75) is 6.54 Å². The van der Waals surface area contributed by atoms with Crippen molar-refractivity contribution in [1.29, 1.82) is 0 Å². The van der Waals surface area contributed by atoms with Crippen LogP contribution in [0.5, 0.6) is 0 Å². The average Bonchev–Trinajstić information content (AvgIpc) is 2.78. The Labute approximate surface area is 91.1 Å². The van der Waals surface area contributed by atoms with Gasteiger partial charge in [-0.25, -0.2) is 4.79 Å². The van der Waals surface area contributed by atoms with E-state index in [0.29, 0.717) is 5.82 Å². The number of hydrogen-bond donors (Lipinski definition) is 0. The number of methoxy groups -OCH3 is 1. The minimum atomic E-state index is -0.418. The number of ether oxygens (including phenoxy) is 1. The molecular weight excluding hydrogens is 210 g/mol. The second kappa shape index (κ2) is 4.47. The number of rotatable bonds is 3. The summed E-state index contributed by atoms with van der Waals surface area (Å²) >= 11 is 0. The maximum Gasteiger partial charge on any atom is 0.329 e. The van der Waals surface area contributed by atoms with Crippen molar-refractivity contribution in [3.8, 4) is 11.4 Å². The molecule has 0 radical (unpaired) electrons. The van der Waals surface area contributed by atoms with Crippen LogP contribution in [0.1, 0.15) is 0 Å². The van der Waals surface area contributed by atoms with Gasteiger partial charge < -0.3 is 4.74 Å². The number of esters is 1. The Hall–Kier alpha value is -2.31. The number of carbonyl (C=O) groups excluding carboxylic acids is 1. The molecule has 0 fully saturated rings. The lowest BCUT2D eigenvalue weighted by Gasteiger charge is -1.95. The molecule has 2 aromatic rings. The first-order valence-electron chi connectivity index (χ1n) is 4.54. The summed E-state index contributed by atoms with van der Waals surface area (Å²) < 4.78 is 4.49. The predicted octanol–water partition coefficient (Wildman–Crippen LogP) is -0.0919. The topological polar surface area (TPSA) is 82.8 Å². The van der Waals surface area contributed by atoms with Gasteiger partial charge >= 0.3 is 5.97 Å². The molecule has 2 rings (SSSR count). The number of aromatic nitrogens is 5. The van der Waals surface area contributed by atoms with E-state index in [1.807, 2.05) is 0 Å². The van der Waals surface area contributed by atoms with Gasteiger partial charge in [0.25, 0.3) is 0 Å². The van der Waals surface area contributed by atoms with Gasteiger partial charge in [-0.05, 0) is 17.3 Å². The Morgan fingerprint density at radius 1 is 1.44 bits per heavy atom. The molecule has 0 saturated heterocycles. The normalized spacial score (nSPS) is 10.1. The number of pyridine rings is 1. The molecule has 0 N–H and O–H groups in total. The predicted molar refractivity (Wildman–Crippen MR) is 53.1 cm³/mol. The van der Waals surface area contributed by atoms with Crippen LogP contribution in [0, 0.1) is 0 Å². The molecule has 0 aliphatic rings. The van der Waals surface area contributed by atoms with Crippen molar-refractivity contribution in [2.75, 3.05) is 7.11 Å². The Morgan fingerprint density at radius 2 is 2.19 bits per heavy atom. The smallest absolute Gasteiger partial charge is 0.329 e. The lowest BCUT2D eigenvalue weighted by Crippen LogP contribution is -2.14. The fourth-order valence-electron chi connectivity index (χ4n) is 1.11. The van der Waals surface area contributed by atoms with E-state index in [2.05, 4.69) is 25.1 Å². The van der Waals surface area contributed by atoms with Gasteiger partial charge in [0, 0.05) is 18.0 Å². The van der Waals surface area contributed by atoms with E-state index >= 15 is 0 Å². The van der Waals surface area contributed by atoms with Gasteiger partial charge in [-0.15, -0.1) is 10.2 Å². The zero-order chi connectivity index (χ0) is 11.4. The highest BCUT2D eigenvalue weighted by atomic mass is 16.5. The number of tetrazole rings is 1. The summed E-state index contributed by atoms with van der Waals surface area (Å²) in [4.78, 5) is 16.0. The molecule has 82 valence electrons. The number of hydrogen-bond acceptors (Lipinski definition) is 6. The second-order valence-electron chi connectivity index (χ2n) is 2.96. The Balaban J connectivity index is 2.17. The molecule has 0 saturated carbocycles. The van der Waals surface area contributed by atoms with Gasteiger partial charge in [-0.1, -0.05) is 0 Å². The number of carbonyl (C=O) groups is 1. The second-order valence-corrected chi connectivity index (χ2v) is 2.96. The molecule has 0 spiro atoms. The van der Waals surface area contributed by atoms with E-state index in [0.717, 1.165) is 5.56 Å². The Bertz CT molecular complexity index is 482. The third-order valence-corrected chi connectivity index (χ3v) is 1.89. The monoisotopic (exact) mass is 219 g/mol. The van der Waals surface area contributed by atoms with Crippen LogP contribution in [-0.4, -0.2) is 38.3 Å². The van der Waals surface area contributed by atoms with E-state index in [4.69, 9.17) is 0 Å². The Kier molecular flexibility index (Phi) is 2.86. The van der Waals surface area contributed by atoms with E-state index < -0.39 is 5.97 Å². The minimum absolute atomic E-state index is 0.0470. The third-order valence-electron chi connectivity index (χ3n) is 1.89.